The van der Waals surface area contributed by atoms with E-state index in [-0.39, 0.29) is 179 Å². The average Bonchev–Trinajstić information content (AvgIpc) is 0.874. The van der Waals surface area contributed by atoms with Crippen molar-refractivity contribution in [2.24, 2.45) is 20.5 Å². The van der Waals surface area contributed by atoms with Crippen molar-refractivity contribution in [1.82, 2.24) is 59.6 Å². The van der Waals surface area contributed by atoms with Gasteiger partial charge in [-0.2, -0.15) is 20.5 Å². The molecule has 6 heterocycles. The zero-order valence-electron chi connectivity index (χ0n) is 67.9. The van der Waals surface area contributed by atoms with Crippen LogP contribution in [-0.2, 0) is 38.0 Å². The van der Waals surface area contributed by atoms with Gasteiger partial charge in [0.05, 0.1) is 94.0 Å². The lowest BCUT2D eigenvalue weighted by atomic mass is 10.2. The lowest BCUT2D eigenvalue weighted by Crippen LogP contribution is -2.51. The molecule has 6 fully saturated rings. The molecule has 123 heavy (non-hydrogen) atoms. The van der Waals surface area contributed by atoms with Crippen LogP contribution in [0.5, 0.6) is 40.2 Å². The molecule has 0 unspecified atom stereocenters. The molecule has 0 bridgehead atoms. The maximum atomic E-state index is 13.1. The molecule has 6 aliphatic rings. The second-order valence-electron chi connectivity index (χ2n) is 28.3. The van der Waals surface area contributed by atoms with Crippen LogP contribution in [0.3, 0.4) is 0 Å². The highest BCUT2D eigenvalue weighted by Crippen LogP contribution is 2.28. The van der Waals surface area contributed by atoms with E-state index in [0.717, 1.165) is 13.1 Å². The summed E-state index contributed by atoms with van der Waals surface area (Å²) in [4.78, 5) is 156. The van der Waals surface area contributed by atoms with Gasteiger partial charge in [0.15, 0.2) is 0 Å². The Labute approximate surface area is 708 Å². The van der Waals surface area contributed by atoms with Crippen LogP contribution in [0.25, 0.3) is 0 Å². The van der Waals surface area contributed by atoms with Gasteiger partial charge in [-0.1, -0.05) is 0 Å². The Bertz CT molecular complexity index is 4550. The molecule has 6 aromatic rings. The van der Waals surface area contributed by atoms with Crippen molar-refractivity contribution in [1.29, 1.82) is 0 Å². The van der Waals surface area contributed by atoms with Gasteiger partial charge in [-0.3, -0.25) is 9.59 Å². The zero-order chi connectivity index (χ0) is 85.9. The maximum Gasteiger partial charge on any atom is 0.415 e. The largest absolute Gasteiger partial charge is 0.447 e. The van der Waals surface area contributed by atoms with Crippen LogP contribution < -0.4 is 43.8 Å². The molecule has 654 valence electrons. The van der Waals surface area contributed by atoms with Gasteiger partial charge in [-0.15, -0.1) is 0 Å². The van der Waals surface area contributed by atoms with E-state index in [1.54, 1.807) is 117 Å². The molecular formula is C83H98N16O24. The number of hydrogen-bond acceptors (Lipinski definition) is 30. The normalized spacial score (nSPS) is 15.8. The SMILES string of the molecule is O=C(Oc1ccc(OC(=O)N2CCNCC2)cc1)c1ccc(OC(=O)N2CCN(C(=O)OCCOCCOCCC(=O)N3CCN(C(=O)Oc4ccc(N=Nc5ccc(OC(=O)N6CCN(C(=O)OCCOCCOCCC(=O)N7CCN(C(=O)Oc8ccc(N=Nc9ccc(OC(=O)N%10CCNCC%10)cc9)cc8)CC7)CC6)cc5)cc4)CC3)CC2)cc1. The number of benzene rings is 6. The Kier molecular flexibility index (Phi) is 33.8. The number of esters is 1. The molecule has 0 aromatic heterocycles. The zero-order valence-corrected chi connectivity index (χ0v) is 67.9. The fourth-order valence-electron chi connectivity index (χ4n) is 12.9. The first kappa shape index (κ1) is 89.1. The third-order valence-electron chi connectivity index (χ3n) is 20.0. The van der Waals surface area contributed by atoms with Crippen LogP contribution in [0, 0.1) is 0 Å². The number of nitrogens with one attached hydrogen (secondary N) is 2. The van der Waals surface area contributed by atoms with Gasteiger partial charge in [0.2, 0.25) is 11.8 Å². The number of piperazine rings is 6. The van der Waals surface area contributed by atoms with Gasteiger partial charge in [-0.05, 0) is 146 Å². The average molecular weight is 1700 g/mol. The van der Waals surface area contributed by atoms with Crippen LogP contribution >= 0.6 is 0 Å². The molecule has 10 amide bonds. The number of hydrogen-bond donors (Lipinski definition) is 2. The highest BCUT2D eigenvalue weighted by molar-refractivity contribution is 5.91. The maximum absolute atomic E-state index is 13.1. The first-order valence-corrected chi connectivity index (χ1v) is 40.6. The van der Waals surface area contributed by atoms with Crippen LogP contribution in [0.1, 0.15) is 23.2 Å². The quantitative estimate of drug-likeness (QED) is 0.0184. The molecule has 0 atom stereocenters. The minimum absolute atomic E-state index is 0.00335. The van der Waals surface area contributed by atoms with Crippen molar-refractivity contribution >= 4 is 89.3 Å². The van der Waals surface area contributed by atoms with E-state index < -0.39 is 54.7 Å². The summed E-state index contributed by atoms with van der Waals surface area (Å²) < 4.78 is 71.6. The van der Waals surface area contributed by atoms with Crippen molar-refractivity contribution in [3.63, 3.8) is 0 Å². The number of azo groups is 2. The minimum Gasteiger partial charge on any atom is -0.447 e. The molecule has 6 saturated heterocycles. The summed E-state index contributed by atoms with van der Waals surface area (Å²) in [7, 11) is 0. The van der Waals surface area contributed by atoms with Gasteiger partial charge < -0.3 is 121 Å². The first-order valence-electron chi connectivity index (χ1n) is 40.6. The molecule has 0 aliphatic carbocycles. The van der Waals surface area contributed by atoms with Crippen LogP contribution in [-0.4, -0.2) is 339 Å². The Morgan fingerprint density at radius 2 is 0.431 bits per heavy atom. The standard InChI is InChI=1S/C83H98N16O24/c100-73(25-51-111-53-55-113-57-59-115-76(103)94-43-47-98(48-44-94)82(109)118-67-11-1-61(2-12-67)75(102)117-66-21-23-72(24-22-66)123-79(106)93-33-29-85-30-34-93)91-37-41-97(42-38-91)81(108)121-70-17-7-64(8-18-70)88-89-65-9-19-71(20-10-65)122-83(110)99-49-45-95(46-50-99)77(104)116-60-58-114-56-54-112-52-26-74(101)90-35-39-96(40-36-90)80(107)120-69-15-5-63(6-16-69)87-86-62-3-13-68(14-4-62)119-78(105)92-31-27-84-28-32-92/h1-24,84-85H,25-60H2. The summed E-state index contributed by atoms with van der Waals surface area (Å²) in [6.45, 7) is 10.8. The summed E-state index contributed by atoms with van der Waals surface area (Å²) in [6.07, 6.45) is -3.94. The van der Waals surface area contributed by atoms with E-state index in [1.165, 1.54) is 77.9 Å². The first-order chi connectivity index (χ1) is 60.0. The molecule has 0 spiro atoms. The van der Waals surface area contributed by atoms with E-state index in [0.29, 0.717) is 124 Å². The highest BCUT2D eigenvalue weighted by atomic mass is 16.6. The number of ether oxygens (including phenoxy) is 13. The van der Waals surface area contributed by atoms with Gasteiger partial charge >= 0.3 is 54.7 Å². The third-order valence-corrected chi connectivity index (χ3v) is 20.0. The van der Waals surface area contributed by atoms with Crippen LogP contribution in [0.15, 0.2) is 166 Å². The lowest BCUT2D eigenvalue weighted by Gasteiger charge is -2.34. The summed E-state index contributed by atoms with van der Waals surface area (Å²) in [6, 6.07) is 38.1. The summed E-state index contributed by atoms with van der Waals surface area (Å²) in [5.41, 5.74) is 2.27. The molecule has 2 N–H and O–H groups in total. The monoisotopic (exact) mass is 1700 g/mol. The van der Waals surface area contributed by atoms with Crippen LogP contribution in [0.4, 0.5) is 61.1 Å². The van der Waals surface area contributed by atoms with Crippen molar-refractivity contribution in [3.05, 3.63) is 151 Å². The smallest absolute Gasteiger partial charge is 0.415 e. The molecule has 0 radical (unpaired) electrons. The van der Waals surface area contributed by atoms with Crippen molar-refractivity contribution < 1.29 is 114 Å². The van der Waals surface area contributed by atoms with E-state index in [4.69, 9.17) is 61.6 Å². The minimum atomic E-state index is -0.641. The Balaban J connectivity index is 0.424. The second kappa shape index (κ2) is 46.6. The summed E-state index contributed by atoms with van der Waals surface area (Å²) in [5, 5.41) is 23.4. The lowest BCUT2D eigenvalue weighted by molar-refractivity contribution is -0.134. The topological polar surface area (TPSA) is 414 Å². The second-order valence-corrected chi connectivity index (χ2v) is 28.3. The summed E-state index contributed by atoms with van der Waals surface area (Å²) >= 11 is 0. The number of rotatable bonds is 30. The van der Waals surface area contributed by atoms with E-state index >= 15 is 0 Å². The van der Waals surface area contributed by atoms with Gasteiger partial charge in [-0.25, -0.2) is 43.2 Å². The van der Waals surface area contributed by atoms with E-state index in [1.807, 2.05) is 0 Å². The number of amides is 10. The molecule has 6 aromatic carbocycles. The Morgan fingerprint density at radius 3 is 0.699 bits per heavy atom. The van der Waals surface area contributed by atoms with Crippen molar-refractivity contribution in [2.45, 2.75) is 12.8 Å². The van der Waals surface area contributed by atoms with Crippen LogP contribution in [0.2, 0.25) is 0 Å². The van der Waals surface area contributed by atoms with Gasteiger partial charge in [0.25, 0.3) is 0 Å². The Hall–Kier alpha value is -13.2. The van der Waals surface area contributed by atoms with Crippen molar-refractivity contribution in [3.8, 4) is 40.2 Å². The number of nitrogens with zero attached hydrogens (tertiary/aromatic N) is 14. The predicted octanol–water partition coefficient (Wildman–Crippen LogP) is 8.58. The third kappa shape index (κ3) is 28.5. The Morgan fingerprint density at radius 1 is 0.228 bits per heavy atom. The molecule has 40 heteroatoms. The highest BCUT2D eigenvalue weighted by Gasteiger charge is 2.32. The number of carbonyl (C=O) groups is 11. The molecule has 0 saturated carbocycles. The molecule has 12 rings (SSSR count). The number of carbonyl (C=O) groups excluding carboxylic acids is 11. The molecular weight excluding hydrogens is 1610 g/mol. The van der Waals surface area contributed by atoms with Crippen molar-refractivity contribution in [2.75, 3.05) is 223 Å². The molecule has 40 nitrogen and oxygen atoms in total. The van der Waals surface area contributed by atoms with E-state index in [2.05, 4.69) is 31.1 Å². The van der Waals surface area contributed by atoms with E-state index in [9.17, 15) is 52.7 Å². The van der Waals surface area contributed by atoms with Gasteiger partial charge in [0.1, 0.15) is 53.5 Å². The molecule has 6 aliphatic heterocycles. The summed E-state index contributed by atoms with van der Waals surface area (Å²) in [5.74, 6) is 1.22. The predicted molar refractivity (Wildman–Crippen MR) is 435 cm³/mol. The fourth-order valence-corrected chi connectivity index (χ4v) is 12.9. The van der Waals surface area contributed by atoms with Gasteiger partial charge in [0, 0.05) is 157 Å². The fraction of sp³-hybridized carbons (Fsp3) is 0.434.